The summed E-state index contributed by atoms with van der Waals surface area (Å²) < 4.78 is 5.35. The zero-order chi connectivity index (χ0) is 22.5. The number of carbonyl (C=O) groups is 1. The van der Waals surface area contributed by atoms with Crippen molar-refractivity contribution < 1.29 is 9.53 Å². The molecule has 0 bridgehead atoms. The topological polar surface area (TPSA) is 79.1 Å². The molecule has 1 aliphatic rings. The summed E-state index contributed by atoms with van der Waals surface area (Å²) in [7, 11) is 0. The van der Waals surface area contributed by atoms with Crippen molar-refractivity contribution in [1.82, 2.24) is 9.97 Å². The van der Waals surface area contributed by atoms with Crippen molar-refractivity contribution in [2.24, 2.45) is 5.92 Å². The van der Waals surface area contributed by atoms with E-state index in [0.29, 0.717) is 22.9 Å². The molecule has 0 saturated carbocycles. The zero-order valence-electron chi connectivity index (χ0n) is 18.6. The minimum Gasteiger partial charge on any atom is -0.462 e. The highest BCUT2D eigenvalue weighted by Crippen LogP contribution is 2.31. The van der Waals surface area contributed by atoms with Crippen molar-refractivity contribution in [3.05, 3.63) is 65.9 Å². The number of hydrogen-bond donors (Lipinski definition) is 0. The van der Waals surface area contributed by atoms with Crippen LogP contribution in [0.25, 0.3) is 11.0 Å². The van der Waals surface area contributed by atoms with E-state index in [2.05, 4.69) is 35.2 Å². The summed E-state index contributed by atoms with van der Waals surface area (Å²) in [6.07, 6.45) is 2.81. The molecule has 3 aromatic rings. The van der Waals surface area contributed by atoms with E-state index in [4.69, 9.17) is 14.7 Å². The second-order valence-corrected chi connectivity index (χ2v) is 8.59. The molecule has 1 aromatic heterocycles. The van der Waals surface area contributed by atoms with Crippen LogP contribution in [0.4, 0.5) is 5.82 Å². The molecule has 0 N–H and O–H groups in total. The van der Waals surface area contributed by atoms with Crippen molar-refractivity contribution >= 4 is 22.8 Å². The number of anilines is 1. The molecule has 1 saturated heterocycles. The molecule has 0 amide bonds. The number of para-hydroxylation sites is 2. The normalized spacial score (nSPS) is 15.5. The summed E-state index contributed by atoms with van der Waals surface area (Å²) in [6, 6.07) is 20.2. The molecule has 0 radical (unpaired) electrons. The van der Waals surface area contributed by atoms with Gasteiger partial charge in [0.05, 0.1) is 23.2 Å². The zero-order valence-corrected chi connectivity index (χ0v) is 18.6. The fourth-order valence-corrected chi connectivity index (χ4v) is 4.25. The maximum atomic E-state index is 12.7. The Morgan fingerprint density at radius 1 is 1.06 bits per heavy atom. The van der Waals surface area contributed by atoms with Crippen LogP contribution in [0.2, 0.25) is 0 Å². The molecule has 6 heteroatoms. The van der Waals surface area contributed by atoms with E-state index < -0.39 is 11.9 Å². The van der Waals surface area contributed by atoms with Crippen LogP contribution >= 0.6 is 0 Å². The number of benzene rings is 2. The molecule has 1 atom stereocenters. The number of hydrogen-bond acceptors (Lipinski definition) is 6. The van der Waals surface area contributed by atoms with Gasteiger partial charge < -0.3 is 9.64 Å². The van der Waals surface area contributed by atoms with Crippen LogP contribution in [0.15, 0.2) is 54.6 Å². The van der Waals surface area contributed by atoms with Crippen LogP contribution in [0.5, 0.6) is 0 Å². The van der Waals surface area contributed by atoms with Gasteiger partial charge in [0.25, 0.3) is 0 Å². The number of esters is 1. The molecule has 6 nitrogen and oxygen atoms in total. The van der Waals surface area contributed by atoms with Crippen molar-refractivity contribution in [2.45, 2.75) is 45.1 Å². The number of piperidine rings is 1. The van der Waals surface area contributed by atoms with E-state index >= 15 is 0 Å². The monoisotopic (exact) mass is 428 g/mol. The van der Waals surface area contributed by atoms with E-state index in [0.717, 1.165) is 37.9 Å². The number of aromatic nitrogens is 2. The summed E-state index contributed by atoms with van der Waals surface area (Å²) in [6.45, 7) is 5.18. The number of nitriles is 1. The van der Waals surface area contributed by atoms with E-state index in [1.807, 2.05) is 30.3 Å². The second-order valence-electron chi connectivity index (χ2n) is 8.59. The Kier molecular flexibility index (Phi) is 6.65. The minimum absolute atomic E-state index is 0.302. The average Bonchev–Trinajstić information content (AvgIpc) is 2.80. The van der Waals surface area contributed by atoms with Gasteiger partial charge >= 0.3 is 5.97 Å². The van der Waals surface area contributed by atoms with Crippen LogP contribution in [0.1, 0.15) is 43.9 Å². The van der Waals surface area contributed by atoms with Gasteiger partial charge in [0, 0.05) is 13.1 Å². The number of nitrogens with zero attached hydrogens (tertiary/aromatic N) is 4. The predicted molar refractivity (Wildman–Crippen MR) is 124 cm³/mol. The van der Waals surface area contributed by atoms with Gasteiger partial charge in [0.15, 0.2) is 11.7 Å². The Morgan fingerprint density at radius 3 is 2.31 bits per heavy atom. The molecule has 164 valence electrons. The summed E-state index contributed by atoms with van der Waals surface area (Å²) >= 11 is 0. The number of fused-ring (bicyclic) bond motifs is 1. The molecule has 0 aliphatic carbocycles. The average molecular weight is 429 g/mol. The van der Waals surface area contributed by atoms with Crippen LogP contribution in [-0.2, 0) is 16.0 Å². The fourth-order valence-electron chi connectivity index (χ4n) is 4.25. The smallest absolute Gasteiger partial charge is 0.329 e. The lowest BCUT2D eigenvalue weighted by Crippen LogP contribution is -2.36. The van der Waals surface area contributed by atoms with Gasteiger partial charge in [-0.2, -0.15) is 5.26 Å². The first-order chi connectivity index (χ1) is 15.5. The van der Waals surface area contributed by atoms with Crippen LogP contribution < -0.4 is 4.90 Å². The van der Waals surface area contributed by atoms with Gasteiger partial charge in [0.1, 0.15) is 5.69 Å². The van der Waals surface area contributed by atoms with Gasteiger partial charge in [-0.05, 0) is 56.7 Å². The third kappa shape index (κ3) is 4.88. The van der Waals surface area contributed by atoms with E-state index in [1.54, 1.807) is 13.8 Å². The first-order valence-electron chi connectivity index (χ1n) is 11.2. The third-order valence-corrected chi connectivity index (χ3v) is 5.85. The third-order valence-electron chi connectivity index (χ3n) is 5.85. The van der Waals surface area contributed by atoms with Gasteiger partial charge in [-0.25, -0.2) is 9.97 Å². The van der Waals surface area contributed by atoms with Gasteiger partial charge in [-0.3, -0.25) is 4.79 Å². The summed E-state index contributed by atoms with van der Waals surface area (Å²) in [5, 5.41) is 9.83. The Labute approximate surface area is 188 Å². The fraction of sp³-hybridized carbons (Fsp3) is 0.385. The van der Waals surface area contributed by atoms with Crippen LogP contribution in [0, 0.1) is 17.2 Å². The number of ether oxygens (including phenoxy) is 1. The second kappa shape index (κ2) is 9.78. The first-order valence-corrected chi connectivity index (χ1v) is 11.2. The van der Waals surface area contributed by atoms with Crippen molar-refractivity contribution in [3.8, 4) is 6.07 Å². The lowest BCUT2D eigenvalue weighted by molar-refractivity contribution is -0.147. The molecule has 0 spiro atoms. The maximum absolute atomic E-state index is 12.7. The highest BCUT2D eigenvalue weighted by atomic mass is 16.5. The molecular formula is C26H28N4O2. The molecule has 0 unspecified atom stereocenters. The molecule has 2 heterocycles. The maximum Gasteiger partial charge on any atom is 0.329 e. The van der Waals surface area contributed by atoms with E-state index in [-0.39, 0.29) is 6.10 Å². The standard InChI is InChI=1S/C26H28N4O2/c1-18(2)32-26(31)21(17-27)24-25(29-23-11-7-6-10-22(23)28-24)30-14-12-20(13-15-30)16-19-8-4-3-5-9-19/h3-11,18,20-21H,12-16H2,1-2H3/t21-/m0/s1. The quantitative estimate of drug-likeness (QED) is 0.532. The van der Waals surface area contributed by atoms with Crippen molar-refractivity contribution in [1.29, 1.82) is 5.26 Å². The van der Waals surface area contributed by atoms with Crippen molar-refractivity contribution in [2.75, 3.05) is 18.0 Å². The first kappa shape index (κ1) is 21.8. The SMILES string of the molecule is CC(C)OC(=O)[C@@H](C#N)c1nc2ccccc2nc1N1CCC(Cc2ccccc2)CC1. The van der Waals surface area contributed by atoms with Gasteiger partial charge in [-0.15, -0.1) is 0 Å². The minimum atomic E-state index is -1.11. The van der Waals surface area contributed by atoms with Gasteiger partial charge in [-0.1, -0.05) is 42.5 Å². The highest BCUT2D eigenvalue weighted by Gasteiger charge is 2.32. The number of carbonyl (C=O) groups excluding carboxylic acids is 1. The summed E-state index contributed by atoms with van der Waals surface area (Å²) in [4.78, 5) is 24.4. The molecule has 2 aromatic carbocycles. The van der Waals surface area contributed by atoms with Crippen molar-refractivity contribution in [3.63, 3.8) is 0 Å². The Hall–Kier alpha value is -3.46. The molecule has 1 aliphatic heterocycles. The lowest BCUT2D eigenvalue weighted by atomic mass is 9.90. The highest BCUT2D eigenvalue weighted by molar-refractivity contribution is 5.85. The Balaban J connectivity index is 1.60. The lowest BCUT2D eigenvalue weighted by Gasteiger charge is -2.34. The summed E-state index contributed by atoms with van der Waals surface area (Å²) in [5.74, 6) is -0.462. The Bertz CT molecular complexity index is 1120. The van der Waals surface area contributed by atoms with E-state index in [1.165, 1.54) is 5.56 Å². The van der Waals surface area contributed by atoms with Crippen LogP contribution in [-0.4, -0.2) is 35.1 Å². The summed E-state index contributed by atoms with van der Waals surface area (Å²) in [5.41, 5.74) is 3.17. The van der Waals surface area contributed by atoms with E-state index in [9.17, 15) is 10.1 Å². The molecule has 4 rings (SSSR count). The molecule has 32 heavy (non-hydrogen) atoms. The molecule has 1 fully saturated rings. The Morgan fingerprint density at radius 2 is 1.69 bits per heavy atom. The largest absolute Gasteiger partial charge is 0.462 e. The van der Waals surface area contributed by atoms with Gasteiger partial charge in [0.2, 0.25) is 0 Å². The van der Waals surface area contributed by atoms with Crippen LogP contribution in [0.3, 0.4) is 0 Å². The number of rotatable bonds is 6. The predicted octanol–water partition coefficient (Wildman–Crippen LogP) is 4.65. The molecular weight excluding hydrogens is 400 g/mol.